The van der Waals surface area contributed by atoms with Crippen LogP contribution in [0.2, 0.25) is 0 Å². The van der Waals surface area contributed by atoms with Crippen LogP contribution >= 0.6 is 0 Å². The van der Waals surface area contributed by atoms with Gasteiger partial charge >= 0.3 is 0 Å². The Kier molecular flexibility index (Phi) is 5.73. The fourth-order valence-electron chi connectivity index (χ4n) is 3.19. The van der Waals surface area contributed by atoms with Gasteiger partial charge in [0.1, 0.15) is 0 Å². The van der Waals surface area contributed by atoms with E-state index >= 15 is 0 Å². The third-order valence-corrected chi connectivity index (χ3v) is 6.76. The van der Waals surface area contributed by atoms with Crippen LogP contribution in [0.1, 0.15) is 0 Å². The molecule has 0 bridgehead atoms. The Morgan fingerprint density at radius 3 is 2.16 bits per heavy atom. The molecule has 0 radical (unpaired) electrons. The largest absolute Gasteiger partial charge is 0.352 e. The van der Waals surface area contributed by atoms with Crippen LogP contribution < -0.4 is 10.2 Å². The molecular weight excluding hydrogens is 422 g/mol. The Hall–Kier alpha value is -3.64. The number of rotatable bonds is 6. The molecule has 0 amide bonds. The topological polar surface area (TPSA) is 134 Å². The Balaban J connectivity index is 1.38. The molecule has 0 unspecified atom stereocenters. The number of hydrogen-bond acceptors (Lipinski definition) is 9. The molecule has 1 N–H and O–H groups in total. The van der Waals surface area contributed by atoms with Gasteiger partial charge in [0.05, 0.1) is 9.82 Å². The lowest BCUT2D eigenvalue weighted by atomic mass is 10.3. The van der Waals surface area contributed by atoms with E-state index in [1.165, 1.54) is 28.6 Å². The molecular formula is C19H19N7O4S. The molecule has 31 heavy (non-hydrogen) atoms. The fourth-order valence-corrected chi connectivity index (χ4v) is 4.61. The Morgan fingerprint density at radius 2 is 1.58 bits per heavy atom. The molecule has 0 aliphatic carbocycles. The molecule has 0 saturated carbocycles. The first-order chi connectivity index (χ1) is 14.9. The summed E-state index contributed by atoms with van der Waals surface area (Å²) in [6.45, 7) is 1.46. The third-order valence-electron chi connectivity index (χ3n) is 4.85. The van der Waals surface area contributed by atoms with Crippen molar-refractivity contribution in [1.29, 1.82) is 0 Å². The van der Waals surface area contributed by atoms with Gasteiger partial charge in [-0.3, -0.25) is 15.1 Å². The molecule has 0 spiro atoms. The van der Waals surface area contributed by atoms with Gasteiger partial charge < -0.3 is 10.2 Å². The van der Waals surface area contributed by atoms with Gasteiger partial charge in [0.25, 0.3) is 5.69 Å². The second-order valence-corrected chi connectivity index (χ2v) is 8.72. The standard InChI is InChI=1S/C19H19N7O4S/c27-26(28)16-1-3-17(4-2-16)31(29,30)25-13-11-24(12-14-25)19-6-5-18(22-23-19)21-15-7-9-20-10-8-15/h1-10H,11-14H2,(H,20,21,22). The quantitative estimate of drug-likeness (QED) is 0.450. The minimum absolute atomic E-state index is 0.0397. The summed E-state index contributed by atoms with van der Waals surface area (Å²) >= 11 is 0. The minimum atomic E-state index is -3.72. The van der Waals surface area contributed by atoms with Gasteiger partial charge in [0.2, 0.25) is 10.0 Å². The van der Waals surface area contributed by atoms with Crippen molar-refractivity contribution in [3.63, 3.8) is 0 Å². The monoisotopic (exact) mass is 441 g/mol. The number of nitrogens with one attached hydrogen (secondary N) is 1. The zero-order chi connectivity index (χ0) is 21.8. The summed E-state index contributed by atoms with van der Waals surface area (Å²) in [4.78, 5) is 16.2. The maximum atomic E-state index is 12.8. The molecule has 3 aromatic rings. The first-order valence-corrected chi connectivity index (χ1v) is 10.9. The number of aromatic nitrogens is 3. The number of sulfonamides is 1. The zero-order valence-corrected chi connectivity index (χ0v) is 17.1. The van der Waals surface area contributed by atoms with Crippen LogP contribution in [-0.4, -0.2) is 59.0 Å². The van der Waals surface area contributed by atoms with Crippen molar-refractivity contribution in [2.45, 2.75) is 4.90 Å². The molecule has 1 saturated heterocycles. The van der Waals surface area contributed by atoms with Crippen LogP contribution in [0.15, 0.2) is 65.8 Å². The molecule has 160 valence electrons. The highest BCUT2D eigenvalue weighted by Crippen LogP contribution is 2.22. The van der Waals surface area contributed by atoms with E-state index in [2.05, 4.69) is 20.5 Å². The Morgan fingerprint density at radius 1 is 0.903 bits per heavy atom. The van der Waals surface area contributed by atoms with E-state index in [9.17, 15) is 18.5 Å². The van der Waals surface area contributed by atoms with Gasteiger partial charge in [-0.05, 0) is 36.4 Å². The molecule has 1 aliphatic heterocycles. The normalized spacial score (nSPS) is 14.9. The first-order valence-electron chi connectivity index (χ1n) is 9.44. The van der Waals surface area contributed by atoms with Gasteiger partial charge in [0, 0.05) is 56.4 Å². The van der Waals surface area contributed by atoms with Gasteiger partial charge in [-0.15, -0.1) is 10.2 Å². The lowest BCUT2D eigenvalue weighted by Gasteiger charge is -2.34. The van der Waals surface area contributed by atoms with E-state index in [1.807, 2.05) is 29.2 Å². The summed E-state index contributed by atoms with van der Waals surface area (Å²) < 4.78 is 27.0. The predicted molar refractivity (Wildman–Crippen MR) is 114 cm³/mol. The van der Waals surface area contributed by atoms with Crippen molar-refractivity contribution in [3.05, 3.63) is 71.0 Å². The van der Waals surface area contributed by atoms with Crippen molar-refractivity contribution in [2.24, 2.45) is 0 Å². The second kappa shape index (κ2) is 8.62. The summed E-state index contributed by atoms with van der Waals surface area (Å²) in [5, 5.41) is 22.3. The predicted octanol–water partition coefficient (Wildman–Crippen LogP) is 2.03. The van der Waals surface area contributed by atoms with Crippen LogP contribution in [0.3, 0.4) is 0 Å². The third kappa shape index (κ3) is 4.59. The fraction of sp³-hybridized carbons (Fsp3) is 0.211. The zero-order valence-electron chi connectivity index (χ0n) is 16.3. The number of nitro benzene ring substituents is 1. The van der Waals surface area contributed by atoms with E-state index in [4.69, 9.17) is 0 Å². The molecule has 12 heteroatoms. The van der Waals surface area contributed by atoms with E-state index in [0.717, 1.165) is 5.69 Å². The number of benzene rings is 1. The number of non-ortho nitro benzene ring substituents is 1. The molecule has 1 aromatic carbocycles. The molecule has 11 nitrogen and oxygen atoms in total. The summed E-state index contributed by atoms with van der Waals surface area (Å²) in [5.41, 5.74) is 0.700. The molecule has 1 fully saturated rings. The molecule has 3 heterocycles. The second-order valence-electron chi connectivity index (χ2n) is 6.78. The van der Waals surface area contributed by atoms with Crippen molar-refractivity contribution < 1.29 is 13.3 Å². The van der Waals surface area contributed by atoms with Crippen LogP contribution in [0.4, 0.5) is 23.0 Å². The number of pyridine rings is 1. The van der Waals surface area contributed by atoms with Crippen LogP contribution in [0.25, 0.3) is 0 Å². The van der Waals surface area contributed by atoms with Crippen LogP contribution in [0, 0.1) is 10.1 Å². The van der Waals surface area contributed by atoms with Crippen molar-refractivity contribution in [2.75, 3.05) is 36.4 Å². The van der Waals surface area contributed by atoms with Crippen LogP contribution in [0.5, 0.6) is 0 Å². The maximum absolute atomic E-state index is 12.8. The van der Waals surface area contributed by atoms with Crippen molar-refractivity contribution >= 4 is 33.0 Å². The Labute approximate surface area is 178 Å². The molecule has 4 rings (SSSR count). The number of anilines is 3. The van der Waals surface area contributed by atoms with E-state index < -0.39 is 14.9 Å². The van der Waals surface area contributed by atoms with E-state index in [-0.39, 0.29) is 23.7 Å². The highest BCUT2D eigenvalue weighted by molar-refractivity contribution is 7.89. The summed E-state index contributed by atoms with van der Waals surface area (Å²) in [6, 6.07) is 12.2. The van der Waals surface area contributed by atoms with Crippen molar-refractivity contribution in [1.82, 2.24) is 19.5 Å². The smallest absolute Gasteiger partial charge is 0.269 e. The number of hydrogen-bond donors (Lipinski definition) is 1. The Bertz CT molecular complexity index is 1150. The molecule has 0 atom stereocenters. The highest BCUT2D eigenvalue weighted by Gasteiger charge is 2.29. The average molecular weight is 441 g/mol. The van der Waals surface area contributed by atoms with Gasteiger partial charge in [0.15, 0.2) is 11.6 Å². The van der Waals surface area contributed by atoms with E-state index in [1.54, 1.807) is 12.4 Å². The summed E-state index contributed by atoms with van der Waals surface area (Å²) in [6.07, 6.45) is 3.35. The number of nitro groups is 1. The number of nitrogens with zero attached hydrogens (tertiary/aromatic N) is 6. The average Bonchev–Trinajstić information content (AvgIpc) is 2.80. The van der Waals surface area contributed by atoms with Gasteiger partial charge in [-0.25, -0.2) is 8.42 Å². The maximum Gasteiger partial charge on any atom is 0.269 e. The SMILES string of the molecule is O=[N+]([O-])c1ccc(S(=O)(=O)N2CCN(c3ccc(Nc4ccncc4)nn3)CC2)cc1. The van der Waals surface area contributed by atoms with Gasteiger partial charge in [-0.1, -0.05) is 0 Å². The van der Waals surface area contributed by atoms with E-state index in [0.29, 0.717) is 24.7 Å². The first kappa shape index (κ1) is 20.6. The lowest BCUT2D eigenvalue weighted by Crippen LogP contribution is -2.48. The highest BCUT2D eigenvalue weighted by atomic mass is 32.2. The molecule has 1 aliphatic rings. The van der Waals surface area contributed by atoms with Gasteiger partial charge in [-0.2, -0.15) is 4.31 Å². The summed E-state index contributed by atoms with van der Waals surface area (Å²) in [5.74, 6) is 1.25. The minimum Gasteiger partial charge on any atom is -0.352 e. The summed E-state index contributed by atoms with van der Waals surface area (Å²) in [7, 11) is -3.72. The van der Waals surface area contributed by atoms with Crippen molar-refractivity contribution in [3.8, 4) is 0 Å². The molecule has 2 aromatic heterocycles. The number of piperazine rings is 1. The lowest BCUT2D eigenvalue weighted by molar-refractivity contribution is -0.384. The van der Waals surface area contributed by atoms with Crippen LogP contribution in [-0.2, 0) is 10.0 Å².